The zero-order valence-corrected chi connectivity index (χ0v) is 13.1. The molecule has 0 spiro atoms. The average Bonchev–Trinajstić information content (AvgIpc) is 2.52. The van der Waals surface area contributed by atoms with Gasteiger partial charge in [0.05, 0.1) is 17.3 Å². The topological polar surface area (TPSA) is 42.0 Å². The van der Waals surface area contributed by atoms with E-state index < -0.39 is 23.7 Å². The molecule has 1 heterocycles. The van der Waals surface area contributed by atoms with Gasteiger partial charge in [0.1, 0.15) is 5.88 Å². The summed E-state index contributed by atoms with van der Waals surface area (Å²) >= 11 is 11.3. The molecule has 23 heavy (non-hydrogen) atoms. The number of rotatable bonds is 4. The molecule has 1 aromatic carbocycles. The van der Waals surface area contributed by atoms with Gasteiger partial charge in [-0.1, -0.05) is 23.7 Å². The second-order valence-corrected chi connectivity index (χ2v) is 5.36. The maximum absolute atomic E-state index is 12.6. The number of halogens is 5. The van der Waals surface area contributed by atoms with E-state index in [1.165, 1.54) is 6.07 Å². The summed E-state index contributed by atoms with van der Waals surface area (Å²) in [5.74, 6) is -0.738. The van der Waals surface area contributed by atoms with Crippen molar-refractivity contribution in [3.8, 4) is 0 Å². The van der Waals surface area contributed by atoms with Crippen LogP contribution in [0.5, 0.6) is 0 Å². The first-order valence-electron chi connectivity index (χ1n) is 6.45. The molecule has 0 bridgehead atoms. The highest BCUT2D eigenvalue weighted by Crippen LogP contribution is 2.30. The van der Waals surface area contributed by atoms with Gasteiger partial charge in [-0.25, -0.2) is 0 Å². The molecule has 1 amide bonds. The molecule has 1 N–H and O–H groups in total. The fraction of sp³-hybridized carbons (Fsp3) is 0.200. The Bertz CT molecular complexity index is 673. The first-order chi connectivity index (χ1) is 10.8. The van der Waals surface area contributed by atoms with Crippen LogP contribution >= 0.6 is 23.2 Å². The summed E-state index contributed by atoms with van der Waals surface area (Å²) in [5.41, 5.74) is 0.0266. The fourth-order valence-corrected chi connectivity index (χ4v) is 2.13. The summed E-state index contributed by atoms with van der Waals surface area (Å²) in [6.45, 7) is 0. The summed E-state index contributed by atoms with van der Waals surface area (Å²) in [7, 11) is 0. The van der Waals surface area contributed by atoms with Crippen LogP contribution in [-0.4, -0.2) is 16.8 Å². The van der Waals surface area contributed by atoms with Crippen LogP contribution in [-0.2, 0) is 11.0 Å². The molecule has 1 atom stereocenters. The molecular formula is C15H11Cl2F3N2O. The van der Waals surface area contributed by atoms with Gasteiger partial charge >= 0.3 is 6.18 Å². The third kappa shape index (κ3) is 4.59. The Morgan fingerprint density at radius 1 is 1.17 bits per heavy atom. The van der Waals surface area contributed by atoms with Crippen molar-refractivity contribution in [2.45, 2.75) is 12.2 Å². The number of hydrogen-bond donors (Lipinski definition) is 1. The Hall–Kier alpha value is -1.79. The highest BCUT2D eigenvalue weighted by molar-refractivity contribution is 6.30. The molecule has 2 aromatic rings. The number of pyridine rings is 1. The van der Waals surface area contributed by atoms with Crippen molar-refractivity contribution in [1.82, 2.24) is 10.3 Å². The Balaban J connectivity index is 2.37. The monoisotopic (exact) mass is 362 g/mol. The van der Waals surface area contributed by atoms with Gasteiger partial charge in [0.2, 0.25) is 5.91 Å². The first-order valence-corrected chi connectivity index (χ1v) is 7.36. The van der Waals surface area contributed by atoms with Crippen molar-refractivity contribution >= 4 is 29.1 Å². The standard InChI is InChI=1S/C15H11Cl2F3N2O/c16-7-13(23)22-14(9-1-4-11(17)5-2-9)12-6-3-10(8-21-12)15(18,19)20/h1-6,8,14H,7H2,(H,22,23). The lowest BCUT2D eigenvalue weighted by atomic mass is 10.0. The molecule has 0 aliphatic carbocycles. The van der Waals surface area contributed by atoms with Crippen LogP contribution in [0.25, 0.3) is 0 Å². The summed E-state index contributed by atoms with van der Waals surface area (Å²) in [6.07, 6.45) is -3.74. The quantitative estimate of drug-likeness (QED) is 0.828. The van der Waals surface area contributed by atoms with E-state index in [0.717, 1.165) is 12.3 Å². The summed E-state index contributed by atoms with van der Waals surface area (Å²) in [5, 5.41) is 3.12. The van der Waals surface area contributed by atoms with Crippen molar-refractivity contribution in [2.75, 3.05) is 5.88 Å². The largest absolute Gasteiger partial charge is 0.417 e. The third-order valence-electron chi connectivity index (χ3n) is 3.04. The van der Waals surface area contributed by atoms with E-state index in [1.54, 1.807) is 24.3 Å². The van der Waals surface area contributed by atoms with Gasteiger partial charge < -0.3 is 5.32 Å². The van der Waals surface area contributed by atoms with E-state index >= 15 is 0 Å². The fourth-order valence-electron chi connectivity index (χ4n) is 1.93. The van der Waals surface area contributed by atoms with Crippen LogP contribution in [0.15, 0.2) is 42.6 Å². The van der Waals surface area contributed by atoms with Crippen LogP contribution in [0.3, 0.4) is 0 Å². The van der Waals surface area contributed by atoms with Crippen LogP contribution in [0.1, 0.15) is 22.9 Å². The number of amides is 1. The van der Waals surface area contributed by atoms with Gasteiger partial charge in [-0.05, 0) is 29.8 Å². The second-order valence-electron chi connectivity index (χ2n) is 4.66. The number of carbonyl (C=O) groups excluding carboxylic acids is 1. The minimum Gasteiger partial charge on any atom is -0.343 e. The maximum atomic E-state index is 12.6. The Labute approximate surface area is 140 Å². The zero-order chi connectivity index (χ0) is 17.0. The van der Waals surface area contributed by atoms with E-state index in [1.807, 2.05) is 0 Å². The van der Waals surface area contributed by atoms with Crippen LogP contribution in [0.4, 0.5) is 13.2 Å². The average molecular weight is 363 g/mol. The lowest BCUT2D eigenvalue weighted by Crippen LogP contribution is -2.30. The number of benzene rings is 1. The van der Waals surface area contributed by atoms with Crippen molar-refractivity contribution in [2.24, 2.45) is 0 Å². The van der Waals surface area contributed by atoms with Gasteiger partial charge in [0.25, 0.3) is 0 Å². The van der Waals surface area contributed by atoms with Crippen molar-refractivity contribution in [3.05, 3.63) is 64.4 Å². The summed E-state index contributed by atoms with van der Waals surface area (Å²) < 4.78 is 37.8. The van der Waals surface area contributed by atoms with Gasteiger partial charge in [-0.15, -0.1) is 11.6 Å². The molecule has 1 aromatic heterocycles. The van der Waals surface area contributed by atoms with Crippen molar-refractivity contribution in [1.29, 1.82) is 0 Å². The van der Waals surface area contributed by atoms with Gasteiger partial charge in [0, 0.05) is 11.2 Å². The predicted molar refractivity (Wildman–Crippen MR) is 81.4 cm³/mol. The van der Waals surface area contributed by atoms with E-state index in [0.29, 0.717) is 10.6 Å². The Kier molecular flexibility index (Phi) is 5.49. The van der Waals surface area contributed by atoms with Gasteiger partial charge in [-0.3, -0.25) is 9.78 Å². The number of nitrogens with zero attached hydrogens (tertiary/aromatic N) is 1. The van der Waals surface area contributed by atoms with E-state index in [2.05, 4.69) is 10.3 Å². The van der Waals surface area contributed by atoms with E-state index in [-0.39, 0.29) is 11.6 Å². The second kappa shape index (κ2) is 7.19. The van der Waals surface area contributed by atoms with Gasteiger partial charge in [0.15, 0.2) is 0 Å². The van der Waals surface area contributed by atoms with E-state index in [4.69, 9.17) is 23.2 Å². The Morgan fingerprint density at radius 2 is 1.83 bits per heavy atom. The van der Waals surface area contributed by atoms with Crippen LogP contribution in [0.2, 0.25) is 5.02 Å². The molecular weight excluding hydrogens is 352 g/mol. The van der Waals surface area contributed by atoms with Crippen LogP contribution < -0.4 is 5.32 Å². The SMILES string of the molecule is O=C(CCl)NC(c1ccc(Cl)cc1)c1ccc(C(F)(F)F)cn1. The Morgan fingerprint density at radius 3 is 2.30 bits per heavy atom. The lowest BCUT2D eigenvalue weighted by Gasteiger charge is -2.19. The number of alkyl halides is 4. The molecule has 8 heteroatoms. The number of hydrogen-bond acceptors (Lipinski definition) is 2. The molecule has 0 saturated carbocycles. The summed E-state index contributed by atoms with van der Waals surface area (Å²) in [4.78, 5) is 15.4. The highest BCUT2D eigenvalue weighted by Gasteiger charge is 2.31. The molecule has 2 rings (SSSR count). The molecule has 0 aliphatic heterocycles. The molecule has 0 aliphatic rings. The molecule has 0 fully saturated rings. The maximum Gasteiger partial charge on any atom is 0.417 e. The lowest BCUT2D eigenvalue weighted by molar-refractivity contribution is -0.137. The summed E-state index contributed by atoms with van der Waals surface area (Å²) in [6, 6.07) is 7.94. The number of nitrogens with one attached hydrogen (secondary N) is 1. The highest BCUT2D eigenvalue weighted by atomic mass is 35.5. The molecule has 3 nitrogen and oxygen atoms in total. The first kappa shape index (κ1) is 17.6. The zero-order valence-electron chi connectivity index (χ0n) is 11.6. The molecule has 0 saturated heterocycles. The van der Waals surface area contributed by atoms with Crippen LogP contribution in [0, 0.1) is 0 Å². The third-order valence-corrected chi connectivity index (χ3v) is 3.53. The van der Waals surface area contributed by atoms with Gasteiger partial charge in [-0.2, -0.15) is 13.2 Å². The minimum atomic E-state index is -4.47. The smallest absolute Gasteiger partial charge is 0.343 e. The van der Waals surface area contributed by atoms with Crippen molar-refractivity contribution < 1.29 is 18.0 Å². The minimum absolute atomic E-state index is 0.263. The molecule has 1 unspecified atom stereocenters. The predicted octanol–water partition coefficient (Wildman–Crippen LogP) is 4.20. The normalized spacial score (nSPS) is 12.7. The number of carbonyl (C=O) groups is 1. The molecule has 122 valence electrons. The molecule has 0 radical (unpaired) electrons. The number of aromatic nitrogens is 1. The van der Waals surface area contributed by atoms with Crippen molar-refractivity contribution in [3.63, 3.8) is 0 Å². The van der Waals surface area contributed by atoms with E-state index in [9.17, 15) is 18.0 Å².